The summed E-state index contributed by atoms with van der Waals surface area (Å²) in [6.45, 7) is 4.12. The molecule has 1 saturated heterocycles. The van der Waals surface area contributed by atoms with Crippen LogP contribution in [0.15, 0.2) is 28.9 Å². The molecule has 0 aromatic carbocycles. The fourth-order valence-electron chi connectivity index (χ4n) is 2.52. The normalized spacial score (nSPS) is 23.3. The molecule has 3 rings (SSSR count). The third-order valence-electron chi connectivity index (χ3n) is 3.59. The minimum Gasteiger partial charge on any atom is -0.390 e. The molecule has 3 heterocycles. The molecule has 1 aliphatic rings. The highest BCUT2D eigenvalue weighted by Crippen LogP contribution is 2.30. The van der Waals surface area contributed by atoms with E-state index in [9.17, 15) is 9.90 Å². The summed E-state index contributed by atoms with van der Waals surface area (Å²) in [6.07, 6.45) is 1.50. The number of aliphatic hydroxyl groups is 1. The number of nitrogens with zero attached hydrogens (tertiary/aromatic N) is 6. The molecule has 126 valence electrons. The molecule has 0 unspecified atom stereocenters. The number of nitrogens with one attached hydrogen (secondary N) is 1. The highest BCUT2D eigenvalue weighted by Gasteiger charge is 2.36. The standard InChI is InChI=1S/C13H15N7O4/c1-2-3-23-5-8-7(21)4-9(24-8)20-6-15-10-11(20)16-13(18-19-14)17-12(10)22/h2,6-9,21H,1,3-5H2,(H,16,17,22)/t7-,8+,9+/m0/s1. The van der Waals surface area contributed by atoms with Crippen LogP contribution in [0.1, 0.15) is 12.6 Å². The Morgan fingerprint density at radius 3 is 3.29 bits per heavy atom. The summed E-state index contributed by atoms with van der Waals surface area (Å²) in [5.41, 5.74) is 8.27. The van der Waals surface area contributed by atoms with E-state index in [1.54, 1.807) is 6.08 Å². The smallest absolute Gasteiger partial charge is 0.279 e. The van der Waals surface area contributed by atoms with Gasteiger partial charge in [-0.25, -0.2) is 9.97 Å². The zero-order valence-corrected chi connectivity index (χ0v) is 12.6. The number of aromatic amines is 1. The fraction of sp³-hybridized carbons (Fsp3) is 0.462. The van der Waals surface area contributed by atoms with Gasteiger partial charge in [0.25, 0.3) is 5.56 Å². The van der Waals surface area contributed by atoms with Crippen LogP contribution >= 0.6 is 0 Å². The quantitative estimate of drug-likeness (QED) is 0.263. The van der Waals surface area contributed by atoms with Crippen molar-refractivity contribution in [2.75, 3.05) is 13.2 Å². The summed E-state index contributed by atoms with van der Waals surface area (Å²) in [7, 11) is 0. The van der Waals surface area contributed by atoms with Crippen LogP contribution in [0, 0.1) is 0 Å². The van der Waals surface area contributed by atoms with Gasteiger partial charge in [0.15, 0.2) is 17.1 Å². The van der Waals surface area contributed by atoms with Gasteiger partial charge < -0.3 is 19.6 Å². The molecule has 24 heavy (non-hydrogen) atoms. The zero-order valence-electron chi connectivity index (χ0n) is 12.6. The van der Waals surface area contributed by atoms with Gasteiger partial charge >= 0.3 is 0 Å². The van der Waals surface area contributed by atoms with E-state index in [4.69, 9.17) is 15.0 Å². The van der Waals surface area contributed by atoms with Gasteiger partial charge in [-0.2, -0.15) is 0 Å². The van der Waals surface area contributed by atoms with E-state index in [0.717, 1.165) is 0 Å². The molecule has 0 spiro atoms. The van der Waals surface area contributed by atoms with E-state index in [2.05, 4.69) is 31.6 Å². The number of azide groups is 1. The SMILES string of the molecule is C=CCOC[C@H]1O[C@@H](n2cnc3c(=O)[nH]c(N=[N+]=[N-])nc32)C[C@@H]1O. The largest absolute Gasteiger partial charge is 0.390 e. The lowest BCUT2D eigenvalue weighted by Crippen LogP contribution is -2.26. The third-order valence-corrected chi connectivity index (χ3v) is 3.59. The van der Waals surface area contributed by atoms with Crippen LogP contribution in [0.25, 0.3) is 21.6 Å². The molecule has 11 nitrogen and oxygen atoms in total. The molecule has 1 aliphatic heterocycles. The molecule has 11 heteroatoms. The molecule has 0 amide bonds. The second-order valence-corrected chi connectivity index (χ2v) is 5.16. The molecule has 1 fully saturated rings. The first-order valence-electron chi connectivity index (χ1n) is 7.18. The summed E-state index contributed by atoms with van der Waals surface area (Å²) >= 11 is 0. The Morgan fingerprint density at radius 1 is 1.71 bits per heavy atom. The highest BCUT2D eigenvalue weighted by atomic mass is 16.6. The first-order valence-corrected chi connectivity index (χ1v) is 7.18. The molecule has 2 N–H and O–H groups in total. The number of hydrogen-bond acceptors (Lipinski definition) is 7. The molecular weight excluding hydrogens is 318 g/mol. The maximum atomic E-state index is 11.9. The predicted octanol–water partition coefficient (Wildman–Crippen LogP) is 0.912. The van der Waals surface area contributed by atoms with Crippen molar-refractivity contribution in [2.45, 2.75) is 24.9 Å². The second-order valence-electron chi connectivity index (χ2n) is 5.16. The van der Waals surface area contributed by atoms with Crippen molar-refractivity contribution in [2.24, 2.45) is 5.11 Å². The Hall–Kier alpha value is -2.72. The average molecular weight is 333 g/mol. The fourth-order valence-corrected chi connectivity index (χ4v) is 2.52. The monoisotopic (exact) mass is 333 g/mol. The number of imidazole rings is 1. The van der Waals surface area contributed by atoms with Crippen molar-refractivity contribution >= 4 is 17.1 Å². The second kappa shape index (κ2) is 6.81. The van der Waals surface area contributed by atoms with Crippen LogP contribution in [-0.4, -0.2) is 50.0 Å². The molecule has 0 aliphatic carbocycles. The number of fused-ring (bicyclic) bond motifs is 1. The Bertz CT molecular complexity index is 854. The molecule has 3 atom stereocenters. The zero-order chi connectivity index (χ0) is 17.1. The highest BCUT2D eigenvalue weighted by molar-refractivity contribution is 5.70. The Morgan fingerprint density at radius 2 is 2.54 bits per heavy atom. The number of rotatable bonds is 6. The maximum absolute atomic E-state index is 11.9. The minimum atomic E-state index is -0.726. The number of aliphatic hydroxyl groups excluding tert-OH is 1. The first-order chi connectivity index (χ1) is 11.6. The lowest BCUT2D eigenvalue weighted by Gasteiger charge is -2.15. The Kier molecular flexibility index (Phi) is 4.58. The van der Waals surface area contributed by atoms with Crippen LogP contribution in [0.5, 0.6) is 0 Å². The molecule has 2 aromatic rings. The molecule has 2 aromatic heterocycles. The van der Waals surface area contributed by atoms with Gasteiger partial charge in [-0.05, 0) is 10.6 Å². The van der Waals surface area contributed by atoms with E-state index in [1.165, 1.54) is 10.9 Å². The lowest BCUT2D eigenvalue weighted by molar-refractivity contribution is -0.0572. The van der Waals surface area contributed by atoms with Crippen LogP contribution in [0.2, 0.25) is 0 Å². The molecule has 0 bridgehead atoms. The van der Waals surface area contributed by atoms with Crippen molar-refractivity contribution in [3.8, 4) is 0 Å². The van der Waals surface area contributed by atoms with Crippen LogP contribution in [0.3, 0.4) is 0 Å². The molecule has 0 radical (unpaired) electrons. The van der Waals surface area contributed by atoms with Crippen molar-refractivity contribution in [1.29, 1.82) is 0 Å². The minimum absolute atomic E-state index is 0.0938. The average Bonchev–Trinajstić information content (AvgIpc) is 3.12. The Labute approximate surface area is 135 Å². The van der Waals surface area contributed by atoms with Crippen molar-refractivity contribution in [1.82, 2.24) is 19.5 Å². The van der Waals surface area contributed by atoms with Gasteiger partial charge in [0.05, 0.1) is 25.6 Å². The van der Waals surface area contributed by atoms with Crippen LogP contribution < -0.4 is 5.56 Å². The summed E-state index contributed by atoms with van der Waals surface area (Å²) < 4.78 is 12.6. The van der Waals surface area contributed by atoms with Gasteiger partial charge in [-0.15, -0.1) is 6.58 Å². The van der Waals surface area contributed by atoms with Crippen molar-refractivity contribution < 1.29 is 14.6 Å². The third kappa shape index (κ3) is 3.01. The van der Waals surface area contributed by atoms with Gasteiger partial charge in [0.1, 0.15) is 12.3 Å². The summed E-state index contributed by atoms with van der Waals surface area (Å²) in [5.74, 6) is -0.166. The number of hydrogen-bond donors (Lipinski definition) is 2. The van der Waals surface area contributed by atoms with Crippen molar-refractivity contribution in [3.63, 3.8) is 0 Å². The summed E-state index contributed by atoms with van der Waals surface area (Å²) in [5, 5.41) is 13.4. The van der Waals surface area contributed by atoms with Crippen molar-refractivity contribution in [3.05, 3.63) is 39.8 Å². The number of H-pyrrole nitrogens is 1. The number of aromatic nitrogens is 4. The topological polar surface area (TPSA) is 151 Å². The van der Waals surface area contributed by atoms with E-state index >= 15 is 0 Å². The van der Waals surface area contributed by atoms with E-state index in [0.29, 0.717) is 13.0 Å². The molecular formula is C13H15N7O4. The predicted molar refractivity (Wildman–Crippen MR) is 82.5 cm³/mol. The maximum Gasteiger partial charge on any atom is 0.279 e. The van der Waals surface area contributed by atoms with Gasteiger partial charge in [-0.3, -0.25) is 9.36 Å². The van der Waals surface area contributed by atoms with Gasteiger partial charge in [0.2, 0.25) is 0 Å². The van der Waals surface area contributed by atoms with Crippen LogP contribution in [0.4, 0.5) is 5.95 Å². The Balaban J connectivity index is 1.88. The first kappa shape index (κ1) is 16.1. The summed E-state index contributed by atoms with van der Waals surface area (Å²) in [4.78, 5) is 24.9. The lowest BCUT2D eigenvalue weighted by atomic mass is 10.2. The van der Waals surface area contributed by atoms with Gasteiger partial charge in [0, 0.05) is 11.3 Å². The summed E-state index contributed by atoms with van der Waals surface area (Å²) in [6, 6.07) is 0. The van der Waals surface area contributed by atoms with E-state index in [-0.39, 0.29) is 23.7 Å². The number of ether oxygens (including phenoxy) is 2. The van der Waals surface area contributed by atoms with Crippen LogP contribution in [-0.2, 0) is 9.47 Å². The van der Waals surface area contributed by atoms with E-state index in [1.807, 2.05) is 0 Å². The van der Waals surface area contributed by atoms with E-state index < -0.39 is 24.0 Å². The molecule has 0 saturated carbocycles. The van der Waals surface area contributed by atoms with Gasteiger partial charge in [-0.1, -0.05) is 6.08 Å².